The average molecular weight is 807 g/mol. The fourth-order valence-corrected chi connectivity index (χ4v) is 8.03. The Labute approximate surface area is 314 Å². The van der Waals surface area contributed by atoms with Crippen LogP contribution in [0.3, 0.4) is 0 Å². The SMILES string of the molecule is CCCCCCOP(=O)([O-])CCCCCC.CCCCCCOP(=O)([O-])CCCCCC.CCCCCCOP(=O)([O-])CCCCCC.[Co+3]. The van der Waals surface area contributed by atoms with Crippen molar-refractivity contribution in [2.75, 3.05) is 38.3 Å². The summed E-state index contributed by atoms with van der Waals surface area (Å²) in [6.07, 6.45) is 25.2. The molecule has 300 valence electrons. The molecule has 0 aromatic carbocycles. The predicted molar refractivity (Wildman–Crippen MR) is 200 cm³/mol. The maximum Gasteiger partial charge on any atom is 3.00 e. The fourth-order valence-electron chi connectivity index (χ4n) is 4.59. The van der Waals surface area contributed by atoms with Gasteiger partial charge in [0.25, 0.3) is 0 Å². The first-order valence-corrected chi connectivity index (χ1v) is 24.9. The first kappa shape index (κ1) is 56.7. The molecular formula is C36H78CoO9P3. The van der Waals surface area contributed by atoms with E-state index in [0.29, 0.717) is 19.8 Å². The van der Waals surface area contributed by atoms with Gasteiger partial charge in [0, 0.05) is 18.5 Å². The molecular weight excluding hydrogens is 728 g/mol. The van der Waals surface area contributed by atoms with Crippen LogP contribution in [0.1, 0.15) is 196 Å². The van der Waals surface area contributed by atoms with Gasteiger partial charge in [0.15, 0.2) is 0 Å². The van der Waals surface area contributed by atoms with Crippen molar-refractivity contribution in [1.29, 1.82) is 0 Å². The van der Waals surface area contributed by atoms with Gasteiger partial charge < -0.3 is 41.9 Å². The van der Waals surface area contributed by atoms with Crippen molar-refractivity contribution in [2.24, 2.45) is 0 Å². The molecule has 0 aliphatic carbocycles. The second-order valence-electron chi connectivity index (χ2n) is 12.9. The molecule has 0 saturated heterocycles. The number of hydrogen-bond donors (Lipinski definition) is 0. The van der Waals surface area contributed by atoms with E-state index in [1.54, 1.807) is 0 Å². The van der Waals surface area contributed by atoms with Gasteiger partial charge in [-0.05, 0) is 38.5 Å². The Morgan fingerprint density at radius 2 is 0.510 bits per heavy atom. The van der Waals surface area contributed by atoms with Gasteiger partial charge in [-0.1, -0.05) is 157 Å². The van der Waals surface area contributed by atoms with Crippen LogP contribution in [0.25, 0.3) is 0 Å². The quantitative estimate of drug-likeness (QED) is 0.0466. The minimum atomic E-state index is -3.53. The molecule has 3 unspecified atom stereocenters. The molecule has 0 rings (SSSR count). The summed E-state index contributed by atoms with van der Waals surface area (Å²) in [6.45, 7) is 13.8. The van der Waals surface area contributed by atoms with Crippen LogP contribution in [-0.2, 0) is 44.0 Å². The molecule has 0 saturated carbocycles. The Balaban J connectivity index is -0.000000307. The second kappa shape index (κ2) is 41.7. The maximum absolute atomic E-state index is 11.4. The topological polar surface area (TPSA) is 148 Å². The standard InChI is InChI=1S/3C12H27O3P.Co/c3*1-3-5-7-9-11-15-16(13,14)12-10-8-6-4-2;/h3*3-12H2,1-2H3,(H,13,14);/q;;;+3/p-3. The number of rotatable bonds is 33. The molecule has 0 fully saturated rings. The van der Waals surface area contributed by atoms with Gasteiger partial charge in [-0.3, -0.25) is 0 Å². The Morgan fingerprint density at radius 1 is 0.327 bits per heavy atom. The van der Waals surface area contributed by atoms with Gasteiger partial charge in [0.05, 0.1) is 19.8 Å². The van der Waals surface area contributed by atoms with E-state index in [1.807, 2.05) is 0 Å². The van der Waals surface area contributed by atoms with Gasteiger partial charge in [0.2, 0.25) is 0 Å². The zero-order valence-corrected chi connectivity index (χ0v) is 36.3. The van der Waals surface area contributed by atoms with E-state index in [9.17, 15) is 28.4 Å². The van der Waals surface area contributed by atoms with E-state index in [0.717, 1.165) is 154 Å². The maximum atomic E-state index is 11.4. The van der Waals surface area contributed by atoms with Gasteiger partial charge >= 0.3 is 16.8 Å². The molecule has 0 amide bonds. The molecule has 0 bridgehead atoms. The molecule has 49 heavy (non-hydrogen) atoms. The van der Waals surface area contributed by atoms with Crippen LogP contribution in [0.15, 0.2) is 0 Å². The fraction of sp³-hybridized carbons (Fsp3) is 1.00. The molecule has 0 aliphatic heterocycles. The van der Waals surface area contributed by atoms with Crippen molar-refractivity contribution in [1.82, 2.24) is 0 Å². The first-order chi connectivity index (χ1) is 22.9. The van der Waals surface area contributed by atoms with E-state index in [4.69, 9.17) is 13.6 Å². The minimum Gasteiger partial charge on any atom is -0.778 e. The molecule has 13 heteroatoms. The number of unbranched alkanes of at least 4 members (excludes halogenated alkanes) is 18. The summed E-state index contributed by atoms with van der Waals surface area (Å²) in [5.74, 6) is 0. The summed E-state index contributed by atoms with van der Waals surface area (Å²) in [5.41, 5.74) is 0. The van der Waals surface area contributed by atoms with Crippen LogP contribution in [0.5, 0.6) is 0 Å². The van der Waals surface area contributed by atoms with Crippen LogP contribution in [-0.4, -0.2) is 38.3 Å². The van der Waals surface area contributed by atoms with E-state index < -0.39 is 22.8 Å². The summed E-state index contributed by atoms with van der Waals surface area (Å²) in [4.78, 5) is 34.3. The van der Waals surface area contributed by atoms with Crippen molar-refractivity contribution in [3.63, 3.8) is 0 Å². The third kappa shape index (κ3) is 51.1. The summed E-state index contributed by atoms with van der Waals surface area (Å²) >= 11 is 0. The number of hydrogen-bond acceptors (Lipinski definition) is 9. The summed E-state index contributed by atoms with van der Waals surface area (Å²) in [5, 5.41) is 0. The summed E-state index contributed by atoms with van der Waals surface area (Å²) < 4.78 is 49.2. The average Bonchev–Trinajstić information content (AvgIpc) is 3.04. The molecule has 0 aromatic rings. The van der Waals surface area contributed by atoms with Crippen molar-refractivity contribution in [2.45, 2.75) is 196 Å². The van der Waals surface area contributed by atoms with E-state index in [-0.39, 0.29) is 35.3 Å². The smallest absolute Gasteiger partial charge is 0.778 e. The van der Waals surface area contributed by atoms with Gasteiger partial charge in [-0.2, -0.15) is 0 Å². The zero-order valence-electron chi connectivity index (χ0n) is 32.6. The van der Waals surface area contributed by atoms with Gasteiger partial charge in [0.1, 0.15) is 22.8 Å². The third-order valence-corrected chi connectivity index (χ3v) is 12.0. The summed E-state index contributed by atoms with van der Waals surface area (Å²) in [6, 6.07) is 0. The minimum absolute atomic E-state index is 0. The van der Waals surface area contributed by atoms with Crippen LogP contribution >= 0.6 is 22.8 Å². The Bertz CT molecular complexity index is 691. The van der Waals surface area contributed by atoms with Crippen LogP contribution in [0.4, 0.5) is 0 Å². The molecule has 0 aliphatic rings. The third-order valence-electron chi connectivity index (χ3n) is 7.71. The van der Waals surface area contributed by atoms with Crippen LogP contribution < -0.4 is 14.7 Å². The zero-order chi connectivity index (χ0) is 36.8. The molecule has 0 spiro atoms. The molecule has 0 aromatic heterocycles. The van der Waals surface area contributed by atoms with E-state index >= 15 is 0 Å². The van der Waals surface area contributed by atoms with Crippen LogP contribution in [0.2, 0.25) is 0 Å². The second-order valence-corrected chi connectivity index (χ2v) is 18.6. The normalized spacial score (nSPS) is 14.6. The molecule has 0 radical (unpaired) electrons. The Kier molecular flexibility index (Phi) is 48.3. The Hall–Kier alpha value is 0.956. The van der Waals surface area contributed by atoms with Crippen LogP contribution in [0, 0.1) is 0 Å². The van der Waals surface area contributed by atoms with E-state index in [1.165, 1.54) is 0 Å². The molecule has 0 N–H and O–H groups in total. The van der Waals surface area contributed by atoms with Crippen molar-refractivity contribution < 1.29 is 58.7 Å². The van der Waals surface area contributed by atoms with Crippen molar-refractivity contribution in [3.05, 3.63) is 0 Å². The Morgan fingerprint density at radius 3 is 0.694 bits per heavy atom. The van der Waals surface area contributed by atoms with Crippen molar-refractivity contribution >= 4 is 22.8 Å². The van der Waals surface area contributed by atoms with Gasteiger partial charge in [-0.25, -0.2) is 0 Å². The first-order valence-electron chi connectivity index (χ1n) is 19.7. The summed E-state index contributed by atoms with van der Waals surface area (Å²) in [7, 11) is -10.6. The molecule has 0 heterocycles. The van der Waals surface area contributed by atoms with Crippen molar-refractivity contribution in [3.8, 4) is 0 Å². The molecule has 3 atom stereocenters. The van der Waals surface area contributed by atoms with Gasteiger partial charge in [-0.15, -0.1) is 0 Å². The molecule has 9 nitrogen and oxygen atoms in total. The van der Waals surface area contributed by atoms with E-state index in [2.05, 4.69) is 41.5 Å². The monoisotopic (exact) mass is 806 g/mol. The largest absolute Gasteiger partial charge is 3.00 e. The predicted octanol–water partition coefficient (Wildman–Crippen LogP) is 11.1.